The molecule has 2 aliphatic rings. The first kappa shape index (κ1) is 21.2. The predicted molar refractivity (Wildman–Crippen MR) is 126 cm³/mol. The summed E-state index contributed by atoms with van der Waals surface area (Å²) >= 11 is 1.15. The third-order valence-electron chi connectivity index (χ3n) is 6.01. The average molecular weight is 450 g/mol. The summed E-state index contributed by atoms with van der Waals surface area (Å²) in [6.45, 7) is 4.67. The van der Waals surface area contributed by atoms with Gasteiger partial charge in [0.05, 0.1) is 16.1 Å². The molecule has 0 spiro atoms. The Bertz CT molecular complexity index is 1080. The fourth-order valence-corrected chi connectivity index (χ4v) is 4.78. The first-order chi connectivity index (χ1) is 15.7. The Morgan fingerprint density at radius 1 is 1.06 bits per heavy atom. The van der Waals surface area contributed by atoms with Gasteiger partial charge in [-0.3, -0.25) is 25.3 Å². The molecule has 1 aromatic heterocycles. The van der Waals surface area contributed by atoms with Crippen molar-refractivity contribution in [3.63, 3.8) is 0 Å². The van der Waals surface area contributed by atoms with Crippen molar-refractivity contribution in [1.29, 1.82) is 0 Å². The molecule has 1 amide bonds. The fraction of sp³-hybridized carbons (Fsp3) is 0.333. The number of hydrazine groups is 1. The lowest BCUT2D eigenvalue weighted by atomic mass is 10.1. The normalized spacial score (nSPS) is 17.1. The van der Waals surface area contributed by atoms with E-state index >= 15 is 0 Å². The highest BCUT2D eigenvalue weighted by molar-refractivity contribution is 7.97. The Balaban J connectivity index is 1.16. The van der Waals surface area contributed by atoms with E-state index in [1.807, 2.05) is 47.4 Å². The van der Waals surface area contributed by atoms with Gasteiger partial charge >= 0.3 is 0 Å². The summed E-state index contributed by atoms with van der Waals surface area (Å²) in [4.78, 5) is 22.5. The van der Waals surface area contributed by atoms with Crippen molar-refractivity contribution in [3.8, 4) is 0 Å². The van der Waals surface area contributed by atoms with E-state index in [0.29, 0.717) is 11.3 Å². The number of piperazine rings is 1. The summed E-state index contributed by atoms with van der Waals surface area (Å²) in [7, 11) is 0. The molecule has 0 bridgehead atoms. The van der Waals surface area contributed by atoms with Gasteiger partial charge in [0.1, 0.15) is 0 Å². The van der Waals surface area contributed by atoms with Gasteiger partial charge in [0.2, 0.25) is 0 Å². The molecular weight excluding hydrogens is 422 g/mol. The Kier molecular flexibility index (Phi) is 6.27. The van der Waals surface area contributed by atoms with Crippen LogP contribution < -0.4 is 5.43 Å². The Morgan fingerprint density at radius 3 is 2.56 bits per heavy atom. The summed E-state index contributed by atoms with van der Waals surface area (Å²) in [5, 5.41) is 11.4. The van der Waals surface area contributed by atoms with E-state index in [2.05, 4.69) is 15.3 Å². The topological polar surface area (TPSA) is 71.9 Å². The van der Waals surface area contributed by atoms with E-state index in [1.54, 1.807) is 18.3 Å². The van der Waals surface area contributed by atoms with Gasteiger partial charge in [-0.25, -0.2) is 0 Å². The molecule has 1 saturated heterocycles. The molecule has 1 aliphatic heterocycles. The molecule has 2 N–H and O–H groups in total. The summed E-state index contributed by atoms with van der Waals surface area (Å²) in [5.74, 6) is 0.957. The predicted octanol–water partition coefficient (Wildman–Crippen LogP) is 4.13. The first-order valence-electron chi connectivity index (χ1n) is 11.0. The molecule has 1 saturated carbocycles. The average Bonchev–Trinajstić information content (AvgIpc) is 3.64. The molecule has 0 atom stereocenters. The molecule has 1 aliphatic carbocycles. The van der Waals surface area contributed by atoms with Crippen LogP contribution in [0, 0.1) is 5.92 Å². The van der Waals surface area contributed by atoms with E-state index in [-0.39, 0.29) is 5.91 Å². The van der Waals surface area contributed by atoms with Crippen molar-refractivity contribution in [1.82, 2.24) is 19.4 Å². The molecule has 32 heavy (non-hydrogen) atoms. The van der Waals surface area contributed by atoms with Gasteiger partial charge in [0, 0.05) is 61.8 Å². The van der Waals surface area contributed by atoms with Crippen molar-refractivity contribution in [3.05, 3.63) is 66.4 Å². The van der Waals surface area contributed by atoms with Crippen LogP contribution in [0.4, 0.5) is 5.69 Å². The van der Waals surface area contributed by atoms with Gasteiger partial charge in [0.15, 0.2) is 0 Å². The number of amides is 1. The molecule has 166 valence electrons. The Labute approximate surface area is 192 Å². The number of hydrogen-bond donors (Lipinski definition) is 2. The largest absolute Gasteiger partial charge is 0.336 e. The van der Waals surface area contributed by atoms with Gasteiger partial charge in [-0.1, -0.05) is 18.2 Å². The van der Waals surface area contributed by atoms with Crippen molar-refractivity contribution in [2.75, 3.05) is 38.1 Å². The molecule has 2 fully saturated rings. The zero-order valence-corrected chi connectivity index (χ0v) is 18.7. The highest BCUT2D eigenvalue weighted by Crippen LogP contribution is 2.30. The minimum absolute atomic E-state index is 0.0691. The second-order valence-corrected chi connectivity index (χ2v) is 9.39. The summed E-state index contributed by atoms with van der Waals surface area (Å²) < 4.78 is 0.958. The number of benzene rings is 2. The van der Waals surface area contributed by atoms with Crippen molar-refractivity contribution in [2.45, 2.75) is 17.7 Å². The molecule has 5 rings (SSSR count). The van der Waals surface area contributed by atoms with Crippen molar-refractivity contribution < 1.29 is 10.0 Å². The third kappa shape index (κ3) is 5.05. The van der Waals surface area contributed by atoms with Crippen LogP contribution in [0.5, 0.6) is 0 Å². The number of carbonyl (C=O) groups excluding carboxylic acids is 1. The quantitative estimate of drug-likeness (QED) is 0.415. The Morgan fingerprint density at radius 2 is 1.81 bits per heavy atom. The van der Waals surface area contributed by atoms with Crippen LogP contribution in [0.1, 0.15) is 23.2 Å². The van der Waals surface area contributed by atoms with Crippen molar-refractivity contribution in [2.24, 2.45) is 5.92 Å². The molecule has 2 heterocycles. The van der Waals surface area contributed by atoms with Crippen LogP contribution in [-0.4, -0.2) is 63.2 Å². The number of nitrogens with zero attached hydrogens (tertiary/aromatic N) is 4. The fourth-order valence-electron chi connectivity index (χ4n) is 4.05. The maximum atomic E-state index is 12.9. The number of anilines is 1. The number of nitrogens with one attached hydrogen (secondary N) is 1. The van der Waals surface area contributed by atoms with Crippen LogP contribution in [0.25, 0.3) is 10.9 Å². The minimum atomic E-state index is 0.0691. The number of rotatable bonds is 7. The van der Waals surface area contributed by atoms with E-state index in [9.17, 15) is 10.0 Å². The third-order valence-corrected chi connectivity index (χ3v) is 6.80. The van der Waals surface area contributed by atoms with Crippen molar-refractivity contribution >= 4 is 34.4 Å². The summed E-state index contributed by atoms with van der Waals surface area (Å²) in [6, 6.07) is 16.9. The number of para-hydroxylation sites is 1. The smallest absolute Gasteiger partial charge is 0.253 e. The van der Waals surface area contributed by atoms with E-state index in [1.165, 1.54) is 19.4 Å². The van der Waals surface area contributed by atoms with E-state index in [4.69, 9.17) is 0 Å². The molecule has 8 heteroatoms. The standard InChI is InChI=1S/C24H27N5O2S/c30-24(28-15-13-27(14-16-28)17-18-6-7-18)20-8-10-21(11-9-20)26-29(31)32-22-5-1-3-19-4-2-12-25-23(19)22/h1-5,8-12,18,26,31H,6-7,13-17H2. The minimum Gasteiger partial charge on any atom is -0.336 e. The van der Waals surface area contributed by atoms with Crippen LogP contribution >= 0.6 is 11.9 Å². The molecule has 0 radical (unpaired) electrons. The van der Waals surface area contributed by atoms with Crippen LogP contribution in [0.3, 0.4) is 0 Å². The monoisotopic (exact) mass is 449 g/mol. The highest BCUT2D eigenvalue weighted by atomic mass is 32.2. The van der Waals surface area contributed by atoms with E-state index < -0.39 is 0 Å². The van der Waals surface area contributed by atoms with Crippen LogP contribution in [-0.2, 0) is 0 Å². The SMILES string of the molecule is O=C(c1ccc(NN(O)Sc2cccc3cccnc23)cc1)N1CCN(CC2CC2)CC1. The zero-order chi connectivity index (χ0) is 21.9. The lowest BCUT2D eigenvalue weighted by Crippen LogP contribution is -2.49. The lowest BCUT2D eigenvalue weighted by molar-refractivity contribution is 0.0439. The second kappa shape index (κ2) is 9.46. The molecule has 3 aromatic rings. The van der Waals surface area contributed by atoms with Gasteiger partial charge in [-0.2, -0.15) is 0 Å². The zero-order valence-electron chi connectivity index (χ0n) is 17.9. The number of pyridine rings is 1. The highest BCUT2D eigenvalue weighted by Gasteiger charge is 2.27. The van der Waals surface area contributed by atoms with Gasteiger partial charge in [-0.05, 0) is 59.7 Å². The number of hydrogen-bond acceptors (Lipinski definition) is 7. The molecule has 0 unspecified atom stereocenters. The summed E-state index contributed by atoms with van der Waals surface area (Å²) in [6.07, 6.45) is 4.47. The van der Waals surface area contributed by atoms with Gasteiger partial charge < -0.3 is 4.90 Å². The summed E-state index contributed by atoms with van der Waals surface area (Å²) in [5.41, 5.74) is 5.12. The molecule has 2 aromatic carbocycles. The molecular formula is C24H27N5O2S. The Hall–Kier alpha value is -2.65. The maximum Gasteiger partial charge on any atom is 0.253 e. The molecule has 7 nitrogen and oxygen atoms in total. The number of carbonyl (C=O) groups is 1. The van der Waals surface area contributed by atoms with Crippen LogP contribution in [0.15, 0.2) is 65.7 Å². The lowest BCUT2D eigenvalue weighted by Gasteiger charge is -2.34. The maximum absolute atomic E-state index is 12.9. The van der Waals surface area contributed by atoms with Crippen LogP contribution in [0.2, 0.25) is 0 Å². The van der Waals surface area contributed by atoms with Gasteiger partial charge in [-0.15, -0.1) is 0 Å². The van der Waals surface area contributed by atoms with Gasteiger partial charge in [0.25, 0.3) is 5.91 Å². The number of fused-ring (bicyclic) bond motifs is 1. The first-order valence-corrected chi connectivity index (χ1v) is 11.8. The second-order valence-electron chi connectivity index (χ2n) is 8.42. The number of aromatic nitrogens is 1. The van der Waals surface area contributed by atoms with E-state index in [0.717, 1.165) is 64.4 Å².